The summed E-state index contributed by atoms with van der Waals surface area (Å²) >= 11 is 6.26. The van der Waals surface area contributed by atoms with Gasteiger partial charge in [-0.1, -0.05) is 29.8 Å². The summed E-state index contributed by atoms with van der Waals surface area (Å²) in [6.07, 6.45) is 1.02. The van der Waals surface area contributed by atoms with Crippen molar-refractivity contribution in [3.8, 4) is 0 Å². The van der Waals surface area contributed by atoms with Gasteiger partial charge in [0.05, 0.1) is 6.61 Å². The van der Waals surface area contributed by atoms with E-state index in [4.69, 9.17) is 11.6 Å². The Bertz CT molecular complexity index is 565. The monoisotopic (exact) mass is 322 g/mol. The van der Waals surface area contributed by atoms with Gasteiger partial charge in [-0.2, -0.15) is 0 Å². The summed E-state index contributed by atoms with van der Waals surface area (Å²) in [5.41, 5.74) is 0.947. The number of rotatable bonds is 3. The van der Waals surface area contributed by atoms with Gasteiger partial charge in [-0.25, -0.2) is 0 Å². The van der Waals surface area contributed by atoms with Crippen molar-refractivity contribution in [2.24, 2.45) is 11.3 Å². The van der Waals surface area contributed by atoms with Gasteiger partial charge in [-0.05, 0) is 30.5 Å². The molecule has 22 heavy (non-hydrogen) atoms. The number of halogens is 1. The maximum Gasteiger partial charge on any atom is 0.219 e. The Balaban J connectivity index is 1.73. The molecule has 0 aromatic heterocycles. The number of benzene rings is 1. The molecule has 0 spiro atoms. The summed E-state index contributed by atoms with van der Waals surface area (Å²) < 4.78 is 0. The second kappa shape index (κ2) is 6.19. The lowest BCUT2D eigenvalue weighted by Crippen LogP contribution is -2.50. The summed E-state index contributed by atoms with van der Waals surface area (Å²) in [5, 5.41) is 10.8. The molecule has 120 valence electrons. The minimum atomic E-state index is -0.175. The molecule has 2 heterocycles. The summed E-state index contributed by atoms with van der Waals surface area (Å²) in [6, 6.07) is 7.91. The number of carbonyl (C=O) groups excluding carboxylic acids is 1. The second-order valence-electron chi connectivity index (χ2n) is 6.71. The molecule has 2 aliphatic heterocycles. The first-order valence-corrected chi connectivity index (χ1v) is 8.24. The summed E-state index contributed by atoms with van der Waals surface area (Å²) in [4.78, 5) is 15.9. The lowest BCUT2D eigenvalue weighted by molar-refractivity contribution is -0.128. The second-order valence-corrected chi connectivity index (χ2v) is 7.11. The largest absolute Gasteiger partial charge is 0.396 e. The first-order valence-electron chi connectivity index (χ1n) is 7.86. The number of piperidine rings is 1. The molecule has 0 unspecified atom stereocenters. The Hall–Kier alpha value is -1.10. The normalized spacial score (nSPS) is 28.7. The summed E-state index contributed by atoms with van der Waals surface area (Å²) in [7, 11) is 0. The fourth-order valence-corrected chi connectivity index (χ4v) is 4.14. The maximum atomic E-state index is 11.7. The Morgan fingerprint density at radius 1 is 1.41 bits per heavy atom. The quantitative estimate of drug-likeness (QED) is 0.925. The van der Waals surface area contributed by atoms with Crippen molar-refractivity contribution >= 4 is 17.5 Å². The van der Waals surface area contributed by atoms with Crippen LogP contribution in [-0.2, 0) is 11.3 Å². The van der Waals surface area contributed by atoms with E-state index in [-0.39, 0.29) is 17.9 Å². The Morgan fingerprint density at radius 2 is 2.18 bits per heavy atom. The minimum absolute atomic E-state index is 0.111. The van der Waals surface area contributed by atoms with Crippen molar-refractivity contribution in [1.29, 1.82) is 0 Å². The van der Waals surface area contributed by atoms with Gasteiger partial charge >= 0.3 is 0 Å². The van der Waals surface area contributed by atoms with Gasteiger partial charge in [0.25, 0.3) is 0 Å². The fraction of sp³-hybridized carbons (Fsp3) is 0.588. The molecular formula is C17H23ClN2O2. The molecule has 1 amide bonds. The molecule has 2 fully saturated rings. The third-order valence-corrected chi connectivity index (χ3v) is 5.63. The molecule has 0 aliphatic carbocycles. The van der Waals surface area contributed by atoms with Gasteiger partial charge in [0, 0.05) is 43.5 Å². The number of amides is 1. The maximum absolute atomic E-state index is 11.7. The zero-order valence-corrected chi connectivity index (χ0v) is 13.7. The molecular weight excluding hydrogens is 300 g/mol. The molecule has 3 rings (SSSR count). The highest BCUT2D eigenvalue weighted by Crippen LogP contribution is 2.42. The van der Waals surface area contributed by atoms with Crippen LogP contribution in [0.5, 0.6) is 0 Å². The summed E-state index contributed by atoms with van der Waals surface area (Å²) in [6.45, 7) is 5.82. The summed E-state index contributed by atoms with van der Waals surface area (Å²) in [5.74, 6) is 0.517. The molecule has 1 aromatic carbocycles. The molecule has 5 heteroatoms. The third-order valence-electron chi connectivity index (χ3n) is 5.26. The number of fused-ring (bicyclic) bond motifs is 1. The standard InChI is InChI=1S/C17H23ClN2O2/c1-13(22)20-9-15-6-7-19(10-17(15,11-20)12-21)8-14-4-2-3-5-16(14)18/h2-5,15,21H,6-12H2,1H3/t15-,17+/m0/s1. The van der Waals surface area contributed by atoms with Crippen LogP contribution in [-0.4, -0.2) is 53.6 Å². The van der Waals surface area contributed by atoms with E-state index >= 15 is 0 Å². The van der Waals surface area contributed by atoms with Crippen LogP contribution in [0.4, 0.5) is 0 Å². The van der Waals surface area contributed by atoms with E-state index in [0.717, 1.165) is 43.2 Å². The van der Waals surface area contributed by atoms with Crippen molar-refractivity contribution in [3.05, 3.63) is 34.9 Å². The van der Waals surface area contributed by atoms with E-state index in [9.17, 15) is 9.90 Å². The van der Waals surface area contributed by atoms with Crippen LogP contribution >= 0.6 is 11.6 Å². The molecule has 1 N–H and O–H groups in total. The SMILES string of the molecule is CC(=O)N1C[C@@H]2CCN(Cc3ccccc3Cl)C[C@]2(CO)C1. The number of nitrogens with zero attached hydrogens (tertiary/aromatic N) is 2. The van der Waals surface area contributed by atoms with E-state index in [1.54, 1.807) is 6.92 Å². The number of likely N-dealkylation sites (tertiary alicyclic amines) is 2. The molecule has 0 bridgehead atoms. The number of hydrogen-bond acceptors (Lipinski definition) is 3. The smallest absolute Gasteiger partial charge is 0.219 e. The molecule has 0 saturated carbocycles. The van der Waals surface area contributed by atoms with Crippen LogP contribution in [0.2, 0.25) is 5.02 Å². The lowest BCUT2D eigenvalue weighted by Gasteiger charge is -2.43. The van der Waals surface area contributed by atoms with Crippen LogP contribution in [0.3, 0.4) is 0 Å². The highest BCUT2D eigenvalue weighted by molar-refractivity contribution is 6.31. The topological polar surface area (TPSA) is 43.8 Å². The number of aliphatic hydroxyl groups excluding tert-OH is 1. The van der Waals surface area contributed by atoms with Crippen LogP contribution in [0.1, 0.15) is 18.9 Å². The van der Waals surface area contributed by atoms with Gasteiger partial charge in [0.15, 0.2) is 0 Å². The minimum Gasteiger partial charge on any atom is -0.396 e. The van der Waals surface area contributed by atoms with Gasteiger partial charge in [-0.3, -0.25) is 9.69 Å². The third kappa shape index (κ3) is 2.87. The zero-order chi connectivity index (χ0) is 15.7. The van der Waals surface area contributed by atoms with Crippen LogP contribution in [0.25, 0.3) is 0 Å². The highest BCUT2D eigenvalue weighted by Gasteiger charge is 2.49. The molecule has 2 atom stereocenters. The van der Waals surface area contributed by atoms with E-state index in [1.165, 1.54) is 0 Å². The van der Waals surface area contributed by atoms with Crippen LogP contribution < -0.4 is 0 Å². The molecule has 2 aliphatic rings. The first-order chi connectivity index (χ1) is 10.5. The average Bonchev–Trinajstić information content (AvgIpc) is 2.89. The van der Waals surface area contributed by atoms with Gasteiger partial charge in [-0.15, -0.1) is 0 Å². The van der Waals surface area contributed by atoms with E-state index in [2.05, 4.69) is 11.0 Å². The zero-order valence-electron chi connectivity index (χ0n) is 13.0. The van der Waals surface area contributed by atoms with Crippen molar-refractivity contribution in [1.82, 2.24) is 9.80 Å². The Kier molecular flexibility index (Phi) is 4.44. The Labute approximate surface area is 136 Å². The highest BCUT2D eigenvalue weighted by atomic mass is 35.5. The van der Waals surface area contributed by atoms with Crippen molar-refractivity contribution in [3.63, 3.8) is 0 Å². The Morgan fingerprint density at radius 3 is 2.86 bits per heavy atom. The first kappa shape index (κ1) is 15.8. The number of carbonyl (C=O) groups is 1. The molecule has 1 aromatic rings. The number of aliphatic hydroxyl groups is 1. The van der Waals surface area contributed by atoms with E-state index in [1.807, 2.05) is 23.1 Å². The van der Waals surface area contributed by atoms with Crippen molar-refractivity contribution in [2.45, 2.75) is 19.9 Å². The van der Waals surface area contributed by atoms with Crippen LogP contribution in [0.15, 0.2) is 24.3 Å². The predicted molar refractivity (Wildman–Crippen MR) is 86.6 cm³/mol. The fourth-order valence-electron chi connectivity index (χ4n) is 3.94. The average molecular weight is 323 g/mol. The van der Waals surface area contributed by atoms with Gasteiger partial charge in [0.2, 0.25) is 5.91 Å². The predicted octanol–water partition coefficient (Wildman–Crippen LogP) is 2.00. The van der Waals surface area contributed by atoms with Crippen molar-refractivity contribution in [2.75, 3.05) is 32.8 Å². The van der Waals surface area contributed by atoms with Gasteiger partial charge in [0.1, 0.15) is 0 Å². The van der Waals surface area contributed by atoms with Crippen molar-refractivity contribution < 1.29 is 9.90 Å². The lowest BCUT2D eigenvalue weighted by atomic mass is 9.74. The molecule has 0 radical (unpaired) electrons. The van der Waals surface area contributed by atoms with Gasteiger partial charge < -0.3 is 10.0 Å². The molecule has 4 nitrogen and oxygen atoms in total. The van der Waals surface area contributed by atoms with E-state index < -0.39 is 0 Å². The molecule has 2 saturated heterocycles. The van der Waals surface area contributed by atoms with Crippen LogP contribution in [0, 0.1) is 11.3 Å². The number of hydrogen-bond donors (Lipinski definition) is 1. The van der Waals surface area contributed by atoms with E-state index in [0.29, 0.717) is 12.5 Å².